The van der Waals surface area contributed by atoms with Crippen LogP contribution < -0.4 is 27.4 Å². The molecule has 0 fully saturated rings. The maximum Gasteiger partial charge on any atom is 0.402 e. The molecule has 2 aromatic heterocycles. The van der Waals surface area contributed by atoms with Gasteiger partial charge in [0, 0.05) is 28.2 Å². The third kappa shape index (κ3) is 5.28. The van der Waals surface area contributed by atoms with Gasteiger partial charge in [-0.2, -0.15) is 0 Å². The van der Waals surface area contributed by atoms with Crippen molar-refractivity contribution < 1.29 is 36.0 Å². The van der Waals surface area contributed by atoms with Crippen molar-refractivity contribution >= 4 is 44.4 Å². The fraction of sp³-hybridized carbons (Fsp3) is 0.481. The first-order valence-electron chi connectivity index (χ1n) is 12.3. The van der Waals surface area contributed by atoms with Crippen LogP contribution in [0.15, 0.2) is 24.4 Å². The van der Waals surface area contributed by atoms with E-state index in [4.69, 9.17) is 20.2 Å². The minimum absolute atomic E-state index is 0. The summed E-state index contributed by atoms with van der Waals surface area (Å²) < 4.78 is 12.6. The number of imidazole rings is 1. The molecule has 1 atom stereocenters. The number of H-pyrrole nitrogens is 1. The van der Waals surface area contributed by atoms with Crippen molar-refractivity contribution in [2.45, 2.75) is 64.2 Å². The highest BCUT2D eigenvalue weighted by molar-refractivity contribution is 8.76. The molecule has 0 saturated heterocycles. The number of nitrogens with zero attached hydrogens (tertiary/aromatic N) is 2. The molecule has 0 aliphatic heterocycles. The largest absolute Gasteiger partial charge is 1.00 e. The zero-order valence-electron chi connectivity index (χ0n) is 22.8. The van der Waals surface area contributed by atoms with Crippen LogP contribution in [0.2, 0.25) is 0 Å². The number of halogens is 1. The van der Waals surface area contributed by atoms with Crippen LogP contribution in [0.4, 0.5) is 0 Å². The SMILES string of the molecule is CCOC(=O)[C@@H](N)CSSCc1c(C)c(OC)cc[n+]1-c1nc2cc3c(cc2[nH]1)C(C)(C)C(=O)C3(C)C.[Cl-]. The van der Waals surface area contributed by atoms with Gasteiger partial charge in [0.15, 0.2) is 11.3 Å². The number of nitrogens with two attached hydrogens (primary N) is 1. The lowest BCUT2D eigenvalue weighted by Crippen LogP contribution is -3.00. The molecule has 2 heterocycles. The van der Waals surface area contributed by atoms with E-state index in [9.17, 15) is 9.59 Å². The number of aromatic amines is 1. The Labute approximate surface area is 237 Å². The lowest BCUT2D eigenvalue weighted by Gasteiger charge is -2.21. The summed E-state index contributed by atoms with van der Waals surface area (Å²) in [6, 6.07) is 5.39. The third-order valence-electron chi connectivity index (χ3n) is 7.12. The van der Waals surface area contributed by atoms with Crippen molar-refractivity contribution in [3.05, 3.63) is 46.8 Å². The van der Waals surface area contributed by atoms with Crippen molar-refractivity contribution in [3.8, 4) is 11.7 Å². The number of methoxy groups -OCH3 is 1. The number of pyridine rings is 1. The second kappa shape index (κ2) is 11.5. The van der Waals surface area contributed by atoms with Gasteiger partial charge in [-0.3, -0.25) is 9.59 Å². The first kappa shape index (κ1) is 30.3. The first-order chi connectivity index (χ1) is 17.4. The number of aromatic nitrogens is 3. The van der Waals surface area contributed by atoms with E-state index in [0.29, 0.717) is 24.1 Å². The molecule has 0 unspecified atom stereocenters. The number of esters is 1. The molecule has 1 aliphatic rings. The van der Waals surface area contributed by atoms with Crippen LogP contribution >= 0.6 is 21.6 Å². The summed E-state index contributed by atoms with van der Waals surface area (Å²) in [6.07, 6.45) is 1.94. The zero-order chi connectivity index (χ0) is 27.1. The van der Waals surface area contributed by atoms with E-state index in [2.05, 4.69) is 17.1 Å². The Kier molecular flexibility index (Phi) is 9.13. The van der Waals surface area contributed by atoms with Gasteiger partial charge < -0.3 is 27.6 Å². The third-order valence-corrected chi connectivity index (χ3v) is 9.44. The van der Waals surface area contributed by atoms with Crippen LogP contribution in [-0.4, -0.2) is 47.2 Å². The molecule has 3 N–H and O–H groups in total. The number of carbonyl (C=O) groups excluding carboxylic acids is 2. The highest BCUT2D eigenvalue weighted by Gasteiger charge is 2.50. The Morgan fingerprint density at radius 1 is 1.18 bits per heavy atom. The van der Waals surface area contributed by atoms with Crippen molar-refractivity contribution in [3.63, 3.8) is 0 Å². The smallest absolute Gasteiger partial charge is 0.402 e. The van der Waals surface area contributed by atoms with Crippen LogP contribution in [-0.2, 0) is 30.9 Å². The van der Waals surface area contributed by atoms with Gasteiger partial charge in [0.05, 0.1) is 25.7 Å². The molecule has 0 spiro atoms. The number of ketones is 1. The van der Waals surface area contributed by atoms with E-state index in [0.717, 1.165) is 39.2 Å². The van der Waals surface area contributed by atoms with Crippen LogP contribution in [0.5, 0.6) is 5.75 Å². The van der Waals surface area contributed by atoms with Crippen molar-refractivity contribution in [2.24, 2.45) is 5.73 Å². The monoisotopic (exact) mass is 578 g/mol. The first-order valence-corrected chi connectivity index (χ1v) is 14.8. The molecule has 8 nitrogen and oxygen atoms in total. The van der Waals surface area contributed by atoms with Gasteiger partial charge in [-0.25, -0.2) is 9.55 Å². The molecule has 0 radical (unpaired) electrons. The molecule has 1 aliphatic carbocycles. The molecule has 0 bridgehead atoms. The van der Waals surface area contributed by atoms with Crippen molar-refractivity contribution in [1.29, 1.82) is 0 Å². The van der Waals surface area contributed by atoms with E-state index in [-0.39, 0.29) is 24.2 Å². The number of ether oxygens (including phenoxy) is 2. The molecule has 0 saturated carbocycles. The number of fused-ring (bicyclic) bond motifs is 2. The molecule has 38 heavy (non-hydrogen) atoms. The van der Waals surface area contributed by atoms with Crippen molar-refractivity contribution in [1.82, 2.24) is 9.97 Å². The molecular formula is C27H35ClN4O4S2. The van der Waals surface area contributed by atoms with Crippen LogP contribution in [0.3, 0.4) is 0 Å². The molecule has 1 aromatic carbocycles. The second-order valence-electron chi connectivity index (χ2n) is 10.3. The van der Waals surface area contributed by atoms with E-state index >= 15 is 0 Å². The number of carbonyl (C=O) groups is 2. The zero-order valence-corrected chi connectivity index (χ0v) is 25.2. The summed E-state index contributed by atoms with van der Waals surface area (Å²) in [7, 11) is 4.80. The van der Waals surface area contributed by atoms with Gasteiger partial charge in [0.25, 0.3) is 0 Å². The van der Waals surface area contributed by atoms with Gasteiger partial charge in [-0.15, -0.1) is 0 Å². The fourth-order valence-electron chi connectivity index (χ4n) is 5.03. The Hall–Kier alpha value is -2.27. The minimum atomic E-state index is -0.659. The quantitative estimate of drug-likeness (QED) is 0.168. The second-order valence-corrected chi connectivity index (χ2v) is 12.8. The van der Waals surface area contributed by atoms with Crippen molar-refractivity contribution in [2.75, 3.05) is 19.5 Å². The molecule has 4 rings (SSSR count). The Morgan fingerprint density at radius 2 is 1.84 bits per heavy atom. The minimum Gasteiger partial charge on any atom is -1.00 e. The van der Waals surface area contributed by atoms with E-state index in [1.807, 2.05) is 51.4 Å². The topological polar surface area (TPSA) is 111 Å². The number of benzene rings is 1. The van der Waals surface area contributed by atoms with Crippen LogP contribution in [0.1, 0.15) is 57.0 Å². The highest BCUT2D eigenvalue weighted by atomic mass is 35.5. The summed E-state index contributed by atoms with van der Waals surface area (Å²) in [6.45, 7) is 12.1. The van der Waals surface area contributed by atoms with Crippen LogP contribution in [0, 0.1) is 6.92 Å². The maximum absolute atomic E-state index is 13.1. The number of hydrogen-bond acceptors (Lipinski definition) is 8. The highest BCUT2D eigenvalue weighted by Crippen LogP contribution is 2.47. The summed E-state index contributed by atoms with van der Waals surface area (Å²) in [5.74, 6) is 2.42. The summed E-state index contributed by atoms with van der Waals surface area (Å²) in [5, 5.41) is 0. The molecular weight excluding hydrogens is 544 g/mol. The van der Waals surface area contributed by atoms with Gasteiger partial charge >= 0.3 is 11.9 Å². The average molecular weight is 579 g/mol. The summed E-state index contributed by atoms with van der Waals surface area (Å²) in [4.78, 5) is 33.3. The Bertz CT molecular complexity index is 1320. The van der Waals surface area contributed by atoms with Gasteiger partial charge in [0.1, 0.15) is 23.0 Å². The summed E-state index contributed by atoms with van der Waals surface area (Å²) >= 11 is 0. The normalized spacial score (nSPS) is 16.2. The molecule has 11 heteroatoms. The predicted molar refractivity (Wildman–Crippen MR) is 148 cm³/mol. The fourth-order valence-corrected chi connectivity index (χ4v) is 7.27. The number of nitrogens with one attached hydrogen (secondary N) is 1. The predicted octanol–water partition coefficient (Wildman–Crippen LogP) is 1.07. The van der Waals surface area contributed by atoms with E-state index in [1.54, 1.807) is 24.8 Å². The van der Waals surface area contributed by atoms with Crippen LogP contribution in [0.25, 0.3) is 17.0 Å². The Morgan fingerprint density at radius 3 is 2.47 bits per heavy atom. The molecule has 3 aromatic rings. The molecule has 206 valence electrons. The maximum atomic E-state index is 13.1. The van der Waals surface area contributed by atoms with Gasteiger partial charge in [0.2, 0.25) is 0 Å². The standard InChI is InChI=1S/C27H35N4O4S2.ClH/c1-8-35-23(32)18(28)13-36-37-14-21-15(2)22(34-7)9-10-31(21)25-29-19-11-16-17(12-20(19)30-25)27(5,6)24(33)26(16,3)4;/h9-12,18H,8,13-14,28H2,1-7H3,(H,29,30);1H/q+1;/p-1/t18-;/m0./s1. The lowest BCUT2D eigenvalue weighted by molar-refractivity contribution is -0.610. The average Bonchev–Trinajstić information content (AvgIpc) is 3.33. The molecule has 0 amide bonds. The lowest BCUT2D eigenvalue weighted by atomic mass is 9.80. The van der Waals surface area contributed by atoms with E-state index in [1.165, 1.54) is 10.8 Å². The number of hydrogen-bond donors (Lipinski definition) is 2. The summed E-state index contributed by atoms with van der Waals surface area (Å²) in [5.41, 5.74) is 10.6. The Balaban J connectivity index is 0.00000400. The van der Waals surface area contributed by atoms with Gasteiger partial charge in [-0.05, 0) is 64.8 Å². The number of rotatable bonds is 9. The van der Waals surface area contributed by atoms with E-state index < -0.39 is 16.9 Å². The van der Waals surface area contributed by atoms with Gasteiger partial charge in [-0.1, -0.05) is 26.6 Å². The number of Topliss-reactive ketones (excluding diaryl/α,β-unsaturated/α-hetero) is 1.